The number of halogens is 3. The zero-order chi connectivity index (χ0) is 19.6. The predicted molar refractivity (Wildman–Crippen MR) is 85.0 cm³/mol. The number of nitrogens with zero attached hydrogens (tertiary/aromatic N) is 3. The van der Waals surface area contributed by atoms with Gasteiger partial charge in [0.1, 0.15) is 10.7 Å². The van der Waals surface area contributed by atoms with Crippen LogP contribution in [0.15, 0.2) is 12.1 Å². The zero-order valence-corrected chi connectivity index (χ0v) is 14.0. The van der Waals surface area contributed by atoms with E-state index in [1.165, 1.54) is 6.92 Å². The fourth-order valence-electron chi connectivity index (χ4n) is 1.88. The van der Waals surface area contributed by atoms with Crippen LogP contribution in [-0.2, 0) is 11.0 Å². The Bertz CT molecular complexity index is 896. The molecule has 0 radical (unpaired) electrons. The number of alkyl halides is 3. The Balaban J connectivity index is 2.42. The molecule has 0 aliphatic rings. The molecule has 0 unspecified atom stereocenters. The Morgan fingerprint density at radius 2 is 1.88 bits per heavy atom. The van der Waals surface area contributed by atoms with Crippen LogP contribution < -0.4 is 10.6 Å². The molecular weight excluding hydrogens is 379 g/mol. The molecule has 0 saturated heterocycles. The van der Waals surface area contributed by atoms with Crippen molar-refractivity contribution in [1.29, 1.82) is 0 Å². The minimum atomic E-state index is -4.87. The lowest BCUT2D eigenvalue weighted by Crippen LogP contribution is -2.19. The molecule has 138 valence electrons. The number of hydrogen-bond acceptors (Lipinski definition) is 7. The molecule has 2 N–H and O–H groups in total. The molecule has 0 aliphatic carbocycles. The summed E-state index contributed by atoms with van der Waals surface area (Å²) in [4.78, 5) is 39.6. The van der Waals surface area contributed by atoms with Gasteiger partial charge < -0.3 is 5.32 Å². The lowest BCUT2D eigenvalue weighted by molar-refractivity contribution is -0.384. The van der Waals surface area contributed by atoms with E-state index in [2.05, 4.69) is 15.3 Å². The second-order valence-electron chi connectivity index (χ2n) is 4.87. The summed E-state index contributed by atoms with van der Waals surface area (Å²) in [7, 11) is 0. The van der Waals surface area contributed by atoms with Crippen molar-refractivity contribution in [3.05, 3.63) is 37.8 Å². The molecule has 2 aromatic heterocycles. The van der Waals surface area contributed by atoms with E-state index in [1.54, 1.807) is 0 Å². The minimum Gasteiger partial charge on any atom is -0.311 e. The first-order chi connectivity index (χ1) is 12.0. The third-order valence-corrected chi connectivity index (χ3v) is 3.79. The van der Waals surface area contributed by atoms with E-state index in [0.29, 0.717) is 11.3 Å². The molecule has 2 heterocycles. The summed E-state index contributed by atoms with van der Waals surface area (Å²) < 4.78 is 38.9. The molecule has 26 heavy (non-hydrogen) atoms. The van der Waals surface area contributed by atoms with Gasteiger partial charge in [-0.15, -0.1) is 11.3 Å². The summed E-state index contributed by atoms with van der Waals surface area (Å²) in [5.74, 6) is -2.50. The second kappa shape index (κ2) is 7.03. The maximum Gasteiger partial charge on any atom is 0.435 e. The topological polar surface area (TPSA) is 127 Å². The highest BCUT2D eigenvalue weighted by molar-refractivity contribution is 7.13. The van der Waals surface area contributed by atoms with Crippen LogP contribution in [0.1, 0.15) is 27.3 Å². The maximum absolute atomic E-state index is 13.0. The summed E-state index contributed by atoms with van der Waals surface area (Å²) in [5.41, 5.74) is -2.04. The van der Waals surface area contributed by atoms with Crippen molar-refractivity contribution >= 4 is 40.5 Å². The van der Waals surface area contributed by atoms with Crippen molar-refractivity contribution in [2.75, 3.05) is 10.6 Å². The third-order valence-electron chi connectivity index (χ3n) is 2.82. The van der Waals surface area contributed by atoms with E-state index in [9.17, 15) is 32.9 Å². The van der Waals surface area contributed by atoms with Gasteiger partial charge >= 0.3 is 11.9 Å². The number of pyridine rings is 1. The highest BCUT2D eigenvalue weighted by atomic mass is 32.1. The molecule has 9 nitrogen and oxygen atoms in total. The zero-order valence-electron chi connectivity index (χ0n) is 13.2. The summed E-state index contributed by atoms with van der Waals surface area (Å²) in [6, 6.07) is 2.07. The first-order valence-electron chi connectivity index (χ1n) is 6.78. The number of aromatic nitrogens is 2. The first-order valence-corrected chi connectivity index (χ1v) is 7.59. The van der Waals surface area contributed by atoms with Crippen LogP contribution in [0.4, 0.5) is 30.5 Å². The molecule has 0 aliphatic heterocycles. The normalized spacial score (nSPS) is 11.1. The number of carbonyl (C=O) groups is 2. The minimum absolute atomic E-state index is 0.00284. The summed E-state index contributed by atoms with van der Waals surface area (Å²) >= 11 is 0.487. The number of rotatable bonds is 4. The molecule has 0 aromatic carbocycles. The summed E-state index contributed by atoms with van der Waals surface area (Å²) in [5, 5.41) is 15.3. The van der Waals surface area contributed by atoms with Gasteiger partial charge in [0, 0.05) is 13.0 Å². The highest BCUT2D eigenvalue weighted by Crippen LogP contribution is 2.35. The van der Waals surface area contributed by atoms with E-state index < -0.39 is 45.0 Å². The van der Waals surface area contributed by atoms with Crippen molar-refractivity contribution in [1.82, 2.24) is 9.97 Å². The largest absolute Gasteiger partial charge is 0.435 e. The number of thiazole rings is 1. The van der Waals surface area contributed by atoms with E-state index in [-0.39, 0.29) is 10.8 Å². The van der Waals surface area contributed by atoms with Crippen molar-refractivity contribution in [3.63, 3.8) is 0 Å². The average Bonchev–Trinajstić information content (AvgIpc) is 2.89. The monoisotopic (exact) mass is 389 g/mol. The van der Waals surface area contributed by atoms with Crippen LogP contribution >= 0.6 is 11.3 Å². The highest BCUT2D eigenvalue weighted by Gasteiger charge is 2.39. The number of nitrogens with one attached hydrogen (secondary N) is 2. The van der Waals surface area contributed by atoms with Crippen molar-refractivity contribution in [2.45, 2.75) is 20.0 Å². The van der Waals surface area contributed by atoms with Crippen LogP contribution in [0.5, 0.6) is 0 Å². The Kier molecular flexibility index (Phi) is 5.20. The number of aryl methyl sites for hydroxylation is 1. The predicted octanol–water partition coefficient (Wildman–Crippen LogP) is 2.98. The van der Waals surface area contributed by atoms with Crippen LogP contribution in [0, 0.1) is 17.0 Å². The fraction of sp³-hybridized carbons (Fsp3) is 0.231. The van der Waals surface area contributed by atoms with Gasteiger partial charge in [-0.2, -0.15) is 13.2 Å². The summed E-state index contributed by atoms with van der Waals surface area (Å²) in [6.07, 6.45) is -4.87. The summed E-state index contributed by atoms with van der Waals surface area (Å²) in [6.45, 7) is 2.45. The molecule has 0 saturated carbocycles. The van der Waals surface area contributed by atoms with Gasteiger partial charge in [-0.05, 0) is 13.0 Å². The van der Waals surface area contributed by atoms with Crippen LogP contribution in [-0.4, -0.2) is 26.7 Å². The Morgan fingerprint density at radius 3 is 2.42 bits per heavy atom. The van der Waals surface area contributed by atoms with Crippen LogP contribution in [0.2, 0.25) is 0 Å². The molecule has 2 amide bonds. The average molecular weight is 389 g/mol. The molecule has 0 spiro atoms. The van der Waals surface area contributed by atoms with Crippen molar-refractivity contribution < 1.29 is 27.7 Å². The SMILES string of the molecule is CC(=O)Nc1ccc([N+](=O)[O-])c(NC(=O)c2sc(C)nc2C(F)(F)F)n1. The Labute approximate surface area is 147 Å². The lowest BCUT2D eigenvalue weighted by Gasteiger charge is -2.08. The molecule has 2 aromatic rings. The lowest BCUT2D eigenvalue weighted by atomic mass is 10.3. The molecule has 13 heteroatoms. The Hall–Kier alpha value is -3.09. The second-order valence-corrected chi connectivity index (χ2v) is 6.07. The Morgan fingerprint density at radius 1 is 1.23 bits per heavy atom. The van der Waals surface area contributed by atoms with Gasteiger partial charge in [0.05, 0.1) is 9.93 Å². The van der Waals surface area contributed by atoms with E-state index >= 15 is 0 Å². The number of nitro groups is 1. The van der Waals surface area contributed by atoms with Gasteiger partial charge in [0.25, 0.3) is 5.91 Å². The number of hydrogen-bond donors (Lipinski definition) is 2. The molecule has 0 bridgehead atoms. The first kappa shape index (κ1) is 19.2. The number of amides is 2. The number of carbonyl (C=O) groups excluding carboxylic acids is 2. The smallest absolute Gasteiger partial charge is 0.311 e. The molecule has 0 atom stereocenters. The van der Waals surface area contributed by atoms with E-state index in [0.717, 1.165) is 19.1 Å². The van der Waals surface area contributed by atoms with Gasteiger partial charge in [-0.3, -0.25) is 25.0 Å². The molecular formula is C13H10F3N5O4S. The van der Waals surface area contributed by atoms with Crippen molar-refractivity contribution in [2.24, 2.45) is 0 Å². The van der Waals surface area contributed by atoms with Gasteiger partial charge in [0.15, 0.2) is 5.69 Å². The van der Waals surface area contributed by atoms with E-state index in [4.69, 9.17) is 0 Å². The van der Waals surface area contributed by atoms with Gasteiger partial charge in [-0.1, -0.05) is 0 Å². The third kappa shape index (κ3) is 4.30. The standard InChI is InChI=1S/C13H10F3N5O4S/c1-5(22)17-8-4-3-7(21(24)25)11(19-8)20-12(23)9-10(13(14,15)16)18-6(2)26-9/h3-4H,1-2H3,(H2,17,19,20,22,23). The van der Waals surface area contributed by atoms with Gasteiger partial charge in [0.2, 0.25) is 11.7 Å². The van der Waals surface area contributed by atoms with Crippen molar-refractivity contribution in [3.8, 4) is 0 Å². The molecule has 0 fully saturated rings. The van der Waals surface area contributed by atoms with Crippen LogP contribution in [0.25, 0.3) is 0 Å². The van der Waals surface area contributed by atoms with Gasteiger partial charge in [-0.25, -0.2) is 9.97 Å². The van der Waals surface area contributed by atoms with E-state index in [1.807, 2.05) is 5.32 Å². The quantitative estimate of drug-likeness (QED) is 0.611. The number of anilines is 2. The van der Waals surface area contributed by atoms with Crippen LogP contribution in [0.3, 0.4) is 0 Å². The fourth-order valence-corrected chi connectivity index (χ4v) is 2.71. The molecule has 2 rings (SSSR count). The maximum atomic E-state index is 13.0.